The predicted molar refractivity (Wildman–Crippen MR) is 55.9 cm³/mol. The van der Waals surface area contributed by atoms with Crippen LogP contribution in [0.25, 0.3) is 0 Å². The number of amides is 1. The van der Waals surface area contributed by atoms with Crippen LogP contribution in [0.2, 0.25) is 0 Å². The number of carbonyl (C=O) groups is 1. The fourth-order valence-electron chi connectivity index (χ4n) is 1.91. The summed E-state index contributed by atoms with van der Waals surface area (Å²) in [6, 6.07) is 1.69. The van der Waals surface area contributed by atoms with Crippen molar-refractivity contribution in [2.24, 2.45) is 7.05 Å². The zero-order valence-electron chi connectivity index (χ0n) is 9.29. The molecule has 0 aromatic carbocycles. The van der Waals surface area contributed by atoms with Crippen molar-refractivity contribution in [2.75, 3.05) is 13.1 Å². The summed E-state index contributed by atoms with van der Waals surface area (Å²) >= 11 is 0. The second-order valence-electron chi connectivity index (χ2n) is 4.14. The van der Waals surface area contributed by atoms with Crippen molar-refractivity contribution in [1.82, 2.24) is 14.7 Å². The van der Waals surface area contributed by atoms with Crippen LogP contribution in [0.3, 0.4) is 0 Å². The van der Waals surface area contributed by atoms with E-state index in [0.717, 1.165) is 5.69 Å². The smallest absolute Gasteiger partial charge is 0.272 e. The minimum Gasteiger partial charge on any atom is -0.388 e. The van der Waals surface area contributed by atoms with E-state index >= 15 is 0 Å². The Balaban J connectivity index is 2.17. The molecule has 1 saturated heterocycles. The highest BCUT2D eigenvalue weighted by Crippen LogP contribution is 2.14. The quantitative estimate of drug-likeness (QED) is 0.636. The van der Waals surface area contributed by atoms with Crippen molar-refractivity contribution in [3.63, 3.8) is 0 Å². The fraction of sp³-hybridized carbons (Fsp3) is 0.600. The van der Waals surface area contributed by atoms with Crippen molar-refractivity contribution in [2.45, 2.75) is 19.1 Å². The van der Waals surface area contributed by atoms with Gasteiger partial charge in [0.15, 0.2) is 0 Å². The van der Waals surface area contributed by atoms with Crippen molar-refractivity contribution >= 4 is 5.91 Å². The molecule has 0 spiro atoms. The lowest BCUT2D eigenvalue weighted by Crippen LogP contribution is -2.31. The summed E-state index contributed by atoms with van der Waals surface area (Å²) in [5, 5.41) is 22.8. The third kappa shape index (κ3) is 1.81. The molecule has 88 valence electrons. The van der Waals surface area contributed by atoms with Crippen molar-refractivity contribution in [1.29, 1.82) is 0 Å². The molecule has 2 N–H and O–H groups in total. The SMILES string of the molecule is Cc1cc(C(=O)N2C[C@@H](O)[C@@H](O)C2)n(C)n1. The maximum absolute atomic E-state index is 12.0. The maximum Gasteiger partial charge on any atom is 0.272 e. The van der Waals surface area contributed by atoms with Crippen LogP contribution in [-0.2, 0) is 7.05 Å². The van der Waals surface area contributed by atoms with Gasteiger partial charge in [-0.15, -0.1) is 0 Å². The summed E-state index contributed by atoms with van der Waals surface area (Å²) in [5.41, 5.74) is 1.24. The molecule has 2 rings (SSSR count). The van der Waals surface area contributed by atoms with Gasteiger partial charge in [-0.2, -0.15) is 5.10 Å². The number of nitrogens with zero attached hydrogens (tertiary/aromatic N) is 3. The molecule has 2 heterocycles. The van der Waals surface area contributed by atoms with Crippen LogP contribution in [-0.4, -0.2) is 56.1 Å². The molecular formula is C10H15N3O3. The van der Waals surface area contributed by atoms with Crippen LogP contribution < -0.4 is 0 Å². The largest absolute Gasteiger partial charge is 0.388 e. The number of aliphatic hydroxyl groups is 2. The molecule has 0 bridgehead atoms. The summed E-state index contributed by atoms with van der Waals surface area (Å²) in [6.07, 6.45) is -1.70. The van der Waals surface area contributed by atoms with Gasteiger partial charge in [0.2, 0.25) is 0 Å². The van der Waals surface area contributed by atoms with Crippen LogP contribution in [0, 0.1) is 6.92 Å². The first-order chi connectivity index (χ1) is 7.49. The Hall–Kier alpha value is -1.40. The summed E-state index contributed by atoms with van der Waals surface area (Å²) in [4.78, 5) is 13.5. The van der Waals surface area contributed by atoms with Gasteiger partial charge in [-0.25, -0.2) is 0 Å². The topological polar surface area (TPSA) is 78.6 Å². The molecule has 1 aliphatic rings. The summed E-state index contributed by atoms with van der Waals surface area (Å²) in [6.45, 7) is 2.15. The Morgan fingerprint density at radius 2 is 2.00 bits per heavy atom. The second kappa shape index (κ2) is 3.88. The van der Waals surface area contributed by atoms with Crippen LogP contribution in [0.1, 0.15) is 16.2 Å². The molecule has 0 aliphatic carbocycles. The van der Waals surface area contributed by atoms with E-state index in [4.69, 9.17) is 0 Å². The number of aromatic nitrogens is 2. The summed E-state index contributed by atoms with van der Waals surface area (Å²) in [5.74, 6) is -0.210. The number of hydrogen-bond donors (Lipinski definition) is 2. The fourth-order valence-corrected chi connectivity index (χ4v) is 1.91. The lowest BCUT2D eigenvalue weighted by molar-refractivity contribution is 0.0572. The third-order valence-corrected chi connectivity index (χ3v) is 2.77. The monoisotopic (exact) mass is 225 g/mol. The van der Waals surface area contributed by atoms with Crippen molar-refractivity contribution < 1.29 is 15.0 Å². The normalized spacial score (nSPS) is 25.1. The van der Waals surface area contributed by atoms with E-state index in [1.807, 2.05) is 6.92 Å². The standard InChI is InChI=1S/C10H15N3O3/c1-6-3-7(12(2)11-6)10(16)13-4-8(14)9(15)5-13/h3,8-9,14-15H,4-5H2,1-2H3/t8-,9+. The van der Waals surface area contributed by atoms with Crippen LogP contribution in [0.15, 0.2) is 6.07 Å². The summed E-state index contributed by atoms with van der Waals surface area (Å²) in [7, 11) is 1.70. The highest BCUT2D eigenvalue weighted by Gasteiger charge is 2.33. The molecule has 1 aromatic rings. The number of rotatable bonds is 1. The molecular weight excluding hydrogens is 210 g/mol. The highest BCUT2D eigenvalue weighted by molar-refractivity contribution is 5.93. The second-order valence-corrected chi connectivity index (χ2v) is 4.14. The number of β-amino-alcohol motifs (C(OH)–C–C–N with tert-alkyl or cyclic N) is 2. The molecule has 0 unspecified atom stereocenters. The third-order valence-electron chi connectivity index (χ3n) is 2.77. The highest BCUT2D eigenvalue weighted by atomic mass is 16.3. The van der Waals surface area contributed by atoms with E-state index in [1.165, 1.54) is 9.58 Å². The van der Waals surface area contributed by atoms with E-state index in [0.29, 0.717) is 5.69 Å². The number of hydrogen-bond acceptors (Lipinski definition) is 4. The Bertz CT molecular complexity index is 405. The first-order valence-electron chi connectivity index (χ1n) is 5.15. The van der Waals surface area contributed by atoms with Gasteiger partial charge < -0.3 is 15.1 Å². The van der Waals surface area contributed by atoms with Crippen LogP contribution in [0.4, 0.5) is 0 Å². The molecule has 1 amide bonds. The Kier molecular flexibility index (Phi) is 2.69. The van der Waals surface area contributed by atoms with Gasteiger partial charge in [-0.1, -0.05) is 0 Å². The van der Waals surface area contributed by atoms with E-state index in [2.05, 4.69) is 5.10 Å². The van der Waals surface area contributed by atoms with E-state index < -0.39 is 12.2 Å². The molecule has 0 radical (unpaired) electrons. The van der Waals surface area contributed by atoms with E-state index in [9.17, 15) is 15.0 Å². The Morgan fingerprint density at radius 1 is 1.44 bits per heavy atom. The first-order valence-corrected chi connectivity index (χ1v) is 5.15. The molecule has 2 atom stereocenters. The molecule has 1 aromatic heterocycles. The molecule has 6 heteroatoms. The maximum atomic E-state index is 12.0. The molecule has 1 aliphatic heterocycles. The van der Waals surface area contributed by atoms with Crippen LogP contribution >= 0.6 is 0 Å². The lowest BCUT2D eigenvalue weighted by Gasteiger charge is -2.14. The zero-order chi connectivity index (χ0) is 11.9. The number of carbonyl (C=O) groups excluding carboxylic acids is 1. The van der Waals surface area contributed by atoms with Crippen LogP contribution in [0.5, 0.6) is 0 Å². The average Bonchev–Trinajstić information content (AvgIpc) is 2.70. The lowest BCUT2D eigenvalue weighted by atomic mass is 10.3. The molecule has 6 nitrogen and oxygen atoms in total. The van der Waals surface area contributed by atoms with Crippen molar-refractivity contribution in [3.8, 4) is 0 Å². The number of aryl methyl sites for hydroxylation is 2. The average molecular weight is 225 g/mol. The molecule has 16 heavy (non-hydrogen) atoms. The summed E-state index contributed by atoms with van der Waals surface area (Å²) < 4.78 is 1.51. The van der Waals surface area contributed by atoms with Gasteiger partial charge in [0.05, 0.1) is 17.9 Å². The van der Waals surface area contributed by atoms with Gasteiger partial charge in [0, 0.05) is 20.1 Å². The van der Waals surface area contributed by atoms with Gasteiger partial charge in [0.25, 0.3) is 5.91 Å². The predicted octanol–water partition coefficient (Wildman–Crippen LogP) is -1.09. The number of likely N-dealkylation sites (tertiary alicyclic amines) is 1. The van der Waals surface area contributed by atoms with Gasteiger partial charge in [-0.3, -0.25) is 9.48 Å². The number of aliphatic hydroxyl groups excluding tert-OH is 2. The van der Waals surface area contributed by atoms with E-state index in [1.54, 1.807) is 13.1 Å². The van der Waals surface area contributed by atoms with Crippen molar-refractivity contribution in [3.05, 3.63) is 17.5 Å². The zero-order valence-corrected chi connectivity index (χ0v) is 9.29. The Morgan fingerprint density at radius 3 is 2.44 bits per heavy atom. The Labute approximate surface area is 93.1 Å². The van der Waals surface area contributed by atoms with Gasteiger partial charge >= 0.3 is 0 Å². The van der Waals surface area contributed by atoms with Gasteiger partial charge in [-0.05, 0) is 13.0 Å². The molecule has 0 saturated carbocycles. The van der Waals surface area contributed by atoms with E-state index in [-0.39, 0.29) is 19.0 Å². The minimum absolute atomic E-state index is 0.171. The molecule has 1 fully saturated rings. The minimum atomic E-state index is -0.849. The van der Waals surface area contributed by atoms with Gasteiger partial charge in [0.1, 0.15) is 5.69 Å². The first kappa shape index (κ1) is 11.1.